The molecule has 4 heterocycles. The van der Waals surface area contributed by atoms with Crippen LogP contribution in [0, 0.1) is 18.2 Å². The first-order valence-corrected chi connectivity index (χ1v) is 22.6. The Morgan fingerprint density at radius 3 is 1.10 bits per heavy atom. The smallest absolute Gasteiger partial charge is 0.234 e. The Morgan fingerprint density at radius 2 is 0.676 bits per heavy atom. The summed E-state index contributed by atoms with van der Waals surface area (Å²) < 4.78 is 39.5. The van der Waals surface area contributed by atoms with Gasteiger partial charge in [0.25, 0.3) is 0 Å². The first-order chi connectivity index (χ1) is 33.5. The summed E-state index contributed by atoms with van der Waals surface area (Å²) in [5, 5.41) is 8.74. The van der Waals surface area contributed by atoms with Crippen molar-refractivity contribution >= 4 is 92.9 Å². The third kappa shape index (κ3) is 5.34. The zero-order valence-electron chi connectivity index (χ0n) is 36.2. The molecule has 0 saturated carbocycles. The van der Waals surface area contributed by atoms with Crippen LogP contribution in [0.15, 0.2) is 212 Å². The number of aromatic nitrogens is 4. The molecule has 0 aliphatic carbocycles. The molecule has 68 heavy (non-hydrogen) atoms. The number of benzene rings is 10. The second-order valence-corrected chi connectivity index (χ2v) is 17.4. The van der Waals surface area contributed by atoms with Gasteiger partial charge in [0.15, 0.2) is 0 Å². The van der Waals surface area contributed by atoms with E-state index in [0.29, 0.717) is 28.2 Å². The van der Waals surface area contributed by atoms with E-state index in [1.54, 1.807) is 0 Å². The monoisotopic (exact) mass is 875 g/mol. The molecule has 0 bridgehead atoms. The van der Waals surface area contributed by atoms with Crippen molar-refractivity contribution in [1.29, 1.82) is 0 Å². The average Bonchev–Trinajstić information content (AvgIpc) is 4.10. The zero-order chi connectivity index (χ0) is 45.2. The minimum atomic E-state index is -0.695. The van der Waals surface area contributed by atoms with E-state index in [1.807, 2.05) is 36.4 Å². The number of nitrogens with zero attached hydrogens (tertiary/aromatic N) is 5. The standard InChI is InChI=1S/C61H35F2N5/c1-64-60-59(67-55-24-12-6-18-47(55)49-35-40(26-29-57(49)67)65-51-20-8-2-14-43(51)44-15-3-9-21-52(44)65)31-28-42(37-32-38(62)34-39(63)33-37)61(60)68-56-25-13-7-19-48(56)50-36-41(27-30-58(50)68)66-53-22-10-4-16-45(53)46-17-5-11-23-54(46)66/h2-36H. The summed E-state index contributed by atoms with van der Waals surface area (Å²) in [6.45, 7) is 9.11. The topological polar surface area (TPSA) is 24.1 Å². The van der Waals surface area contributed by atoms with Crippen molar-refractivity contribution in [2.24, 2.45) is 0 Å². The quantitative estimate of drug-likeness (QED) is 0.154. The average molecular weight is 876 g/mol. The first kappa shape index (κ1) is 38.1. The molecule has 0 N–H and O–H groups in total. The molecule has 0 aliphatic heterocycles. The van der Waals surface area contributed by atoms with Crippen LogP contribution in [0.25, 0.3) is 126 Å². The second kappa shape index (κ2) is 14.4. The zero-order valence-corrected chi connectivity index (χ0v) is 36.2. The number of hydrogen-bond acceptors (Lipinski definition) is 0. The molecule has 0 spiro atoms. The largest absolute Gasteiger partial charge is 0.319 e. The number of rotatable bonds is 5. The van der Waals surface area contributed by atoms with Crippen molar-refractivity contribution in [1.82, 2.24) is 18.3 Å². The third-order valence-corrected chi connectivity index (χ3v) is 13.9. The molecular weight excluding hydrogens is 841 g/mol. The normalized spacial score (nSPS) is 12.0. The van der Waals surface area contributed by atoms with Gasteiger partial charge in [-0.15, -0.1) is 0 Å². The van der Waals surface area contributed by atoms with Gasteiger partial charge in [0.05, 0.1) is 62.1 Å². The van der Waals surface area contributed by atoms with Crippen LogP contribution in [0.1, 0.15) is 0 Å². The number of fused-ring (bicyclic) bond motifs is 12. The molecule has 4 aromatic heterocycles. The van der Waals surface area contributed by atoms with Crippen LogP contribution in [0.3, 0.4) is 0 Å². The Balaban J connectivity index is 1.05. The predicted octanol–water partition coefficient (Wildman–Crippen LogP) is 16.6. The fraction of sp³-hybridized carbons (Fsp3) is 0. The Hall–Kier alpha value is -9.25. The van der Waals surface area contributed by atoms with E-state index in [1.165, 1.54) is 33.7 Å². The van der Waals surface area contributed by atoms with Gasteiger partial charge in [0, 0.05) is 60.5 Å². The van der Waals surface area contributed by atoms with Crippen molar-refractivity contribution in [2.75, 3.05) is 0 Å². The lowest BCUT2D eigenvalue weighted by Gasteiger charge is -2.20. The van der Waals surface area contributed by atoms with Crippen molar-refractivity contribution < 1.29 is 8.78 Å². The van der Waals surface area contributed by atoms with Crippen LogP contribution < -0.4 is 0 Å². The highest BCUT2D eigenvalue weighted by Crippen LogP contribution is 2.47. The van der Waals surface area contributed by atoms with Gasteiger partial charge in [0.1, 0.15) is 11.6 Å². The van der Waals surface area contributed by atoms with Gasteiger partial charge in [0.2, 0.25) is 5.69 Å². The fourth-order valence-corrected chi connectivity index (χ4v) is 11.1. The van der Waals surface area contributed by atoms with E-state index in [-0.39, 0.29) is 0 Å². The molecule has 0 aliphatic rings. The van der Waals surface area contributed by atoms with Gasteiger partial charge < -0.3 is 18.3 Å². The van der Waals surface area contributed by atoms with Crippen LogP contribution in [0.2, 0.25) is 0 Å². The van der Waals surface area contributed by atoms with Crippen LogP contribution in [-0.2, 0) is 0 Å². The van der Waals surface area contributed by atoms with Gasteiger partial charge in [-0.2, -0.15) is 0 Å². The number of halogens is 2. The van der Waals surface area contributed by atoms with E-state index in [9.17, 15) is 0 Å². The van der Waals surface area contributed by atoms with Crippen molar-refractivity contribution in [2.45, 2.75) is 0 Å². The van der Waals surface area contributed by atoms with Crippen LogP contribution in [0.5, 0.6) is 0 Å². The maximum atomic E-state index is 15.3. The van der Waals surface area contributed by atoms with Crippen molar-refractivity contribution in [3.05, 3.63) is 235 Å². The summed E-state index contributed by atoms with van der Waals surface area (Å²) in [6.07, 6.45) is 0. The highest BCUT2D eigenvalue weighted by atomic mass is 19.1. The van der Waals surface area contributed by atoms with Gasteiger partial charge >= 0.3 is 0 Å². The Bertz CT molecular complexity index is 4370. The van der Waals surface area contributed by atoms with Gasteiger partial charge in [-0.3, -0.25) is 0 Å². The van der Waals surface area contributed by atoms with Crippen LogP contribution in [-0.4, -0.2) is 18.3 Å². The minimum Gasteiger partial charge on any atom is -0.319 e. The van der Waals surface area contributed by atoms with Gasteiger partial charge in [-0.25, -0.2) is 13.6 Å². The molecule has 10 aromatic carbocycles. The summed E-state index contributed by atoms with van der Waals surface area (Å²) in [5.74, 6) is -1.39. The molecule has 5 nitrogen and oxygen atoms in total. The third-order valence-electron chi connectivity index (χ3n) is 13.9. The maximum Gasteiger partial charge on any atom is 0.234 e. The van der Waals surface area contributed by atoms with Crippen LogP contribution >= 0.6 is 0 Å². The summed E-state index contributed by atoms with van der Waals surface area (Å²) in [6, 6.07) is 70.8. The molecule has 0 saturated heterocycles. The summed E-state index contributed by atoms with van der Waals surface area (Å²) in [5.41, 5.74) is 12.4. The predicted molar refractivity (Wildman–Crippen MR) is 275 cm³/mol. The van der Waals surface area contributed by atoms with E-state index >= 15 is 8.78 Å². The molecular formula is C61H35F2N5. The molecule has 0 amide bonds. The first-order valence-electron chi connectivity index (χ1n) is 22.6. The van der Waals surface area contributed by atoms with E-state index in [2.05, 4.69) is 181 Å². The number of hydrogen-bond donors (Lipinski definition) is 0. The highest BCUT2D eigenvalue weighted by Gasteiger charge is 2.26. The SMILES string of the molecule is [C-]#[N+]c1c(-n2c3ccccc3c3cc(-n4c5ccccc5c5ccccc54)ccc32)ccc(-c2cc(F)cc(F)c2)c1-n1c2ccccc2c2cc(-n3c4ccccc4c4ccccc43)ccc21. The molecule has 0 unspecified atom stereocenters. The lowest BCUT2D eigenvalue weighted by atomic mass is 10.00. The van der Waals surface area contributed by atoms with Crippen molar-refractivity contribution in [3.8, 4) is 33.9 Å². The molecule has 0 atom stereocenters. The molecule has 14 aromatic rings. The minimum absolute atomic E-state index is 0.333. The molecule has 0 fully saturated rings. The summed E-state index contributed by atoms with van der Waals surface area (Å²) >= 11 is 0. The summed E-state index contributed by atoms with van der Waals surface area (Å²) in [4.78, 5) is 4.41. The molecule has 7 heteroatoms. The van der Waals surface area contributed by atoms with Crippen molar-refractivity contribution in [3.63, 3.8) is 0 Å². The molecule has 14 rings (SSSR count). The lowest BCUT2D eigenvalue weighted by molar-refractivity contribution is 0.584. The highest BCUT2D eigenvalue weighted by molar-refractivity contribution is 6.15. The van der Waals surface area contributed by atoms with Gasteiger partial charge in [-0.1, -0.05) is 115 Å². The van der Waals surface area contributed by atoms with E-state index in [0.717, 1.165) is 83.1 Å². The summed E-state index contributed by atoms with van der Waals surface area (Å²) in [7, 11) is 0. The maximum absolute atomic E-state index is 15.3. The Labute approximate surface area is 387 Å². The Kier molecular flexibility index (Phi) is 8.05. The second-order valence-electron chi connectivity index (χ2n) is 17.4. The molecule has 318 valence electrons. The van der Waals surface area contributed by atoms with Gasteiger partial charge in [-0.05, 0) is 102 Å². The Morgan fingerprint density at radius 1 is 0.324 bits per heavy atom. The molecule has 0 radical (unpaired) electrons. The van der Waals surface area contributed by atoms with Crippen LogP contribution in [0.4, 0.5) is 14.5 Å². The van der Waals surface area contributed by atoms with E-state index < -0.39 is 11.6 Å². The lowest BCUT2D eigenvalue weighted by Crippen LogP contribution is -2.03. The number of para-hydroxylation sites is 6. The van der Waals surface area contributed by atoms with E-state index in [4.69, 9.17) is 6.57 Å². The fourth-order valence-electron chi connectivity index (χ4n) is 11.1.